The Hall–Kier alpha value is -1.70. The molecule has 2 aromatic rings. The number of hydrogen-bond acceptors (Lipinski definition) is 4. The average Bonchev–Trinajstić information content (AvgIpc) is 3.13. The molecule has 1 amide bonds. The van der Waals surface area contributed by atoms with Crippen LogP contribution < -0.4 is 9.62 Å². The number of thiophene rings is 1. The van der Waals surface area contributed by atoms with Gasteiger partial charge in [0.1, 0.15) is 0 Å². The van der Waals surface area contributed by atoms with Gasteiger partial charge in [0.2, 0.25) is 15.9 Å². The van der Waals surface area contributed by atoms with E-state index in [-0.39, 0.29) is 17.3 Å². The Morgan fingerprint density at radius 1 is 1.36 bits per heavy atom. The van der Waals surface area contributed by atoms with Crippen molar-refractivity contribution < 1.29 is 13.2 Å². The molecule has 0 fully saturated rings. The summed E-state index contributed by atoms with van der Waals surface area (Å²) in [7, 11) is -3.54. The summed E-state index contributed by atoms with van der Waals surface area (Å²) < 4.78 is 27.3. The van der Waals surface area contributed by atoms with Gasteiger partial charge in [-0.1, -0.05) is 0 Å². The molecular formula is C15H16N2O3S2. The predicted octanol–water partition coefficient (Wildman–Crippen LogP) is 2.14. The molecule has 116 valence electrons. The minimum atomic E-state index is -3.54. The van der Waals surface area contributed by atoms with E-state index in [1.54, 1.807) is 23.1 Å². The minimum Gasteiger partial charge on any atom is -0.312 e. The van der Waals surface area contributed by atoms with Crippen LogP contribution in [0.2, 0.25) is 0 Å². The van der Waals surface area contributed by atoms with E-state index in [0.717, 1.165) is 16.8 Å². The Morgan fingerprint density at radius 2 is 2.18 bits per heavy atom. The second-order valence-electron chi connectivity index (χ2n) is 5.17. The molecule has 0 atom stereocenters. The van der Waals surface area contributed by atoms with Gasteiger partial charge in [0.15, 0.2) is 0 Å². The quantitative estimate of drug-likeness (QED) is 0.930. The molecule has 0 aliphatic carbocycles. The van der Waals surface area contributed by atoms with Gasteiger partial charge in [0.25, 0.3) is 0 Å². The van der Waals surface area contributed by atoms with Gasteiger partial charge in [-0.05, 0) is 52.6 Å². The van der Waals surface area contributed by atoms with Crippen LogP contribution in [0.1, 0.15) is 18.1 Å². The third kappa shape index (κ3) is 2.92. The monoisotopic (exact) mass is 336 g/mol. The highest BCUT2D eigenvalue weighted by molar-refractivity contribution is 7.89. The van der Waals surface area contributed by atoms with Crippen LogP contribution in [0.15, 0.2) is 39.9 Å². The molecule has 7 heteroatoms. The van der Waals surface area contributed by atoms with E-state index < -0.39 is 10.0 Å². The van der Waals surface area contributed by atoms with Crippen LogP contribution in [-0.2, 0) is 27.8 Å². The van der Waals surface area contributed by atoms with Gasteiger partial charge in [-0.3, -0.25) is 4.79 Å². The normalized spacial score (nSPS) is 14.1. The van der Waals surface area contributed by atoms with E-state index in [1.165, 1.54) is 18.3 Å². The smallest absolute Gasteiger partial charge is 0.240 e. The summed E-state index contributed by atoms with van der Waals surface area (Å²) in [6, 6.07) is 6.81. The number of sulfonamides is 1. The van der Waals surface area contributed by atoms with Crippen LogP contribution in [0.3, 0.4) is 0 Å². The minimum absolute atomic E-state index is 0.0232. The summed E-state index contributed by atoms with van der Waals surface area (Å²) in [5.41, 5.74) is 2.65. The van der Waals surface area contributed by atoms with Crippen molar-refractivity contribution in [3.63, 3.8) is 0 Å². The first kappa shape index (κ1) is 15.2. The zero-order valence-electron chi connectivity index (χ0n) is 12.1. The van der Waals surface area contributed by atoms with Gasteiger partial charge < -0.3 is 4.90 Å². The number of amides is 1. The lowest BCUT2D eigenvalue weighted by atomic mass is 10.2. The lowest BCUT2D eigenvalue weighted by Crippen LogP contribution is -2.26. The average molecular weight is 336 g/mol. The molecule has 1 aromatic heterocycles. The first-order valence-electron chi connectivity index (χ1n) is 6.89. The Balaban J connectivity index is 1.82. The zero-order chi connectivity index (χ0) is 15.7. The maximum atomic E-state index is 12.4. The van der Waals surface area contributed by atoms with Crippen molar-refractivity contribution in [2.75, 3.05) is 11.4 Å². The van der Waals surface area contributed by atoms with Crippen LogP contribution in [0.25, 0.3) is 0 Å². The van der Waals surface area contributed by atoms with Crippen LogP contribution in [-0.4, -0.2) is 20.9 Å². The molecule has 0 unspecified atom stereocenters. The third-order valence-corrected chi connectivity index (χ3v) is 5.81. The fraction of sp³-hybridized carbons (Fsp3) is 0.267. The number of carbonyl (C=O) groups is 1. The first-order chi connectivity index (χ1) is 10.5. The highest BCUT2D eigenvalue weighted by Crippen LogP contribution is 2.30. The number of benzene rings is 1. The maximum absolute atomic E-state index is 12.4. The molecule has 0 spiro atoms. The standard InChI is InChI=1S/C15H16N2O3S2/c1-11(18)17-6-4-13-8-14(2-3-15(13)17)22(19,20)16-9-12-5-7-21-10-12/h2-3,5,7-8,10,16H,4,6,9H2,1H3. The third-order valence-electron chi connectivity index (χ3n) is 3.68. The van der Waals surface area contributed by atoms with E-state index in [2.05, 4.69) is 4.72 Å². The van der Waals surface area contributed by atoms with Crippen molar-refractivity contribution in [3.8, 4) is 0 Å². The summed E-state index contributed by atoms with van der Waals surface area (Å²) in [4.78, 5) is 13.4. The van der Waals surface area contributed by atoms with Crippen LogP contribution >= 0.6 is 11.3 Å². The summed E-state index contributed by atoms with van der Waals surface area (Å²) in [5.74, 6) is -0.0232. The highest BCUT2D eigenvalue weighted by atomic mass is 32.2. The SMILES string of the molecule is CC(=O)N1CCc2cc(S(=O)(=O)NCc3ccsc3)ccc21. The molecule has 1 N–H and O–H groups in total. The van der Waals surface area contributed by atoms with Crippen LogP contribution in [0, 0.1) is 0 Å². The number of carbonyl (C=O) groups excluding carboxylic acids is 1. The van der Waals surface area contributed by atoms with Gasteiger partial charge in [-0.25, -0.2) is 13.1 Å². The zero-order valence-corrected chi connectivity index (χ0v) is 13.7. The first-order valence-corrected chi connectivity index (χ1v) is 9.32. The Labute approximate surface area is 133 Å². The van der Waals surface area contributed by atoms with E-state index in [0.29, 0.717) is 13.0 Å². The highest BCUT2D eigenvalue weighted by Gasteiger charge is 2.24. The van der Waals surface area contributed by atoms with E-state index in [4.69, 9.17) is 0 Å². The predicted molar refractivity (Wildman–Crippen MR) is 86.5 cm³/mol. The van der Waals surface area contributed by atoms with Gasteiger partial charge in [-0.15, -0.1) is 0 Å². The summed E-state index contributed by atoms with van der Waals surface area (Å²) in [6.07, 6.45) is 0.683. The second kappa shape index (κ2) is 5.83. The Morgan fingerprint density at radius 3 is 2.86 bits per heavy atom. The number of hydrogen-bond donors (Lipinski definition) is 1. The van der Waals surface area contributed by atoms with Crippen LogP contribution in [0.5, 0.6) is 0 Å². The van der Waals surface area contributed by atoms with E-state index in [9.17, 15) is 13.2 Å². The lowest BCUT2D eigenvalue weighted by molar-refractivity contribution is -0.116. The van der Waals surface area contributed by atoms with Gasteiger partial charge in [-0.2, -0.15) is 11.3 Å². The molecule has 0 saturated carbocycles. The second-order valence-corrected chi connectivity index (χ2v) is 7.71. The summed E-state index contributed by atoms with van der Waals surface area (Å²) >= 11 is 1.53. The number of rotatable bonds is 4. The Kier molecular flexibility index (Phi) is 4.03. The molecular weight excluding hydrogens is 320 g/mol. The van der Waals surface area contributed by atoms with E-state index in [1.807, 2.05) is 16.8 Å². The number of fused-ring (bicyclic) bond motifs is 1. The molecule has 1 aromatic carbocycles. The molecule has 22 heavy (non-hydrogen) atoms. The molecule has 1 aliphatic rings. The molecule has 1 aliphatic heterocycles. The van der Waals surface area contributed by atoms with Gasteiger partial charge in [0.05, 0.1) is 4.90 Å². The van der Waals surface area contributed by atoms with Crippen molar-refractivity contribution in [1.29, 1.82) is 0 Å². The summed E-state index contributed by atoms with van der Waals surface area (Å²) in [5, 5.41) is 3.82. The molecule has 0 bridgehead atoms. The molecule has 2 heterocycles. The van der Waals surface area contributed by atoms with Gasteiger partial charge >= 0.3 is 0 Å². The molecule has 0 radical (unpaired) electrons. The fourth-order valence-electron chi connectivity index (χ4n) is 2.53. The van der Waals surface area contributed by atoms with Crippen molar-refractivity contribution in [3.05, 3.63) is 46.2 Å². The summed E-state index contributed by atoms with van der Waals surface area (Å²) in [6.45, 7) is 2.40. The topological polar surface area (TPSA) is 66.5 Å². The maximum Gasteiger partial charge on any atom is 0.240 e. The van der Waals surface area contributed by atoms with Crippen molar-refractivity contribution in [2.24, 2.45) is 0 Å². The Bertz CT molecular complexity index is 798. The van der Waals surface area contributed by atoms with E-state index >= 15 is 0 Å². The molecule has 5 nitrogen and oxygen atoms in total. The van der Waals surface area contributed by atoms with Gasteiger partial charge in [0, 0.05) is 25.7 Å². The fourth-order valence-corrected chi connectivity index (χ4v) is 4.26. The number of anilines is 1. The lowest BCUT2D eigenvalue weighted by Gasteiger charge is -2.15. The van der Waals surface area contributed by atoms with Crippen molar-refractivity contribution in [2.45, 2.75) is 24.8 Å². The number of nitrogens with one attached hydrogen (secondary N) is 1. The molecule has 3 rings (SSSR count). The van der Waals surface area contributed by atoms with Crippen molar-refractivity contribution in [1.82, 2.24) is 4.72 Å². The number of nitrogens with zero attached hydrogens (tertiary/aromatic N) is 1. The van der Waals surface area contributed by atoms with Crippen molar-refractivity contribution >= 4 is 33.0 Å². The molecule has 0 saturated heterocycles. The largest absolute Gasteiger partial charge is 0.312 e. The van der Waals surface area contributed by atoms with Crippen LogP contribution in [0.4, 0.5) is 5.69 Å².